The first-order valence-corrected chi connectivity index (χ1v) is 7.35. The molecule has 1 aromatic carbocycles. The highest BCUT2D eigenvalue weighted by Gasteiger charge is 2.15. The third kappa shape index (κ3) is 4.38. The maximum Gasteiger partial charge on any atom is 0.185 e. The maximum absolute atomic E-state index is 5.13. The molecule has 0 saturated heterocycles. The third-order valence-electron chi connectivity index (χ3n) is 3.43. The van der Waals surface area contributed by atoms with Crippen molar-refractivity contribution in [1.29, 1.82) is 0 Å². The molecule has 1 aliphatic carbocycles. The van der Waals surface area contributed by atoms with Gasteiger partial charge in [0.05, 0.1) is 0 Å². The fraction of sp³-hybridized carbons (Fsp3) is 0.312. The molecule has 0 amide bonds. The molecule has 3 nitrogen and oxygen atoms in total. The molecule has 1 aromatic rings. The second kappa shape index (κ2) is 7.70. The van der Waals surface area contributed by atoms with E-state index in [1.165, 1.54) is 11.3 Å². The van der Waals surface area contributed by atoms with Crippen molar-refractivity contribution in [3.63, 3.8) is 0 Å². The summed E-state index contributed by atoms with van der Waals surface area (Å²) in [5.74, 6) is 0.632. The minimum absolute atomic E-state index is 0.594. The molecule has 4 heteroatoms. The first-order valence-electron chi connectivity index (χ1n) is 6.94. The number of hydrogen-bond donors (Lipinski definition) is 3. The maximum atomic E-state index is 5.13. The van der Waals surface area contributed by atoms with Gasteiger partial charge in [0.15, 0.2) is 5.11 Å². The Bertz CT molecular complexity index is 482. The summed E-state index contributed by atoms with van der Waals surface area (Å²) in [5, 5.41) is 3.61. The molecule has 0 unspecified atom stereocenters. The molecule has 1 atom stereocenters. The van der Waals surface area contributed by atoms with Gasteiger partial charge in [-0.3, -0.25) is 5.43 Å². The summed E-state index contributed by atoms with van der Waals surface area (Å²) in [5.41, 5.74) is 8.81. The molecule has 0 saturated carbocycles. The number of nitrogens with one attached hydrogen (secondary N) is 3. The highest BCUT2D eigenvalue weighted by atomic mass is 32.1. The van der Waals surface area contributed by atoms with E-state index in [9.17, 15) is 0 Å². The normalized spacial score (nSPS) is 17.8. The number of hydrogen-bond acceptors (Lipinski definition) is 2. The van der Waals surface area contributed by atoms with Crippen LogP contribution in [0.3, 0.4) is 0 Å². The van der Waals surface area contributed by atoms with E-state index < -0.39 is 0 Å². The average Bonchev–Trinajstić information content (AvgIpc) is 2.52. The van der Waals surface area contributed by atoms with Crippen molar-refractivity contribution < 1.29 is 0 Å². The summed E-state index contributed by atoms with van der Waals surface area (Å²) < 4.78 is 0. The van der Waals surface area contributed by atoms with Crippen molar-refractivity contribution >= 4 is 17.3 Å². The third-order valence-corrected chi connectivity index (χ3v) is 3.67. The van der Waals surface area contributed by atoms with Gasteiger partial charge in [-0.15, -0.1) is 6.58 Å². The van der Waals surface area contributed by atoms with Gasteiger partial charge in [-0.1, -0.05) is 42.5 Å². The molecule has 2 rings (SSSR count). The zero-order chi connectivity index (χ0) is 14.2. The predicted molar refractivity (Wildman–Crippen MR) is 88.2 cm³/mol. The largest absolute Gasteiger partial charge is 0.358 e. The first-order chi connectivity index (χ1) is 9.79. The van der Waals surface area contributed by atoms with Crippen LogP contribution in [0.4, 0.5) is 0 Å². The van der Waals surface area contributed by atoms with Crippen LogP contribution in [-0.2, 0) is 0 Å². The molecule has 106 valence electrons. The number of hydrazine groups is 1. The van der Waals surface area contributed by atoms with Crippen molar-refractivity contribution in [3.8, 4) is 0 Å². The average molecular weight is 287 g/mol. The molecular formula is C16H21N3S. The number of rotatable bonds is 5. The van der Waals surface area contributed by atoms with Crippen LogP contribution in [0.2, 0.25) is 0 Å². The Morgan fingerprint density at radius 1 is 1.35 bits per heavy atom. The number of thiocarbonyl (C=S) groups is 1. The topological polar surface area (TPSA) is 36.1 Å². The minimum atomic E-state index is 0.594. The van der Waals surface area contributed by atoms with Gasteiger partial charge < -0.3 is 10.7 Å². The van der Waals surface area contributed by atoms with Crippen LogP contribution in [-0.4, -0.2) is 11.7 Å². The second-order valence-electron chi connectivity index (χ2n) is 4.86. The Balaban J connectivity index is 1.78. The van der Waals surface area contributed by atoms with E-state index >= 15 is 0 Å². The standard InChI is InChI=1S/C16H21N3S/c1-2-12-17-16(20)19-18-15-10-8-14(9-11-15)13-6-4-3-5-7-13/h2-7,10,14,18H,1,8-9,11-12H2,(H2,17,19,20)/t14-/m1/s1. The summed E-state index contributed by atoms with van der Waals surface area (Å²) >= 11 is 5.13. The lowest BCUT2D eigenvalue weighted by Gasteiger charge is -2.23. The van der Waals surface area contributed by atoms with Crippen LogP contribution in [0.5, 0.6) is 0 Å². The zero-order valence-electron chi connectivity index (χ0n) is 11.6. The van der Waals surface area contributed by atoms with Crippen LogP contribution in [0.25, 0.3) is 0 Å². The molecular weight excluding hydrogens is 266 g/mol. The van der Waals surface area contributed by atoms with Crippen LogP contribution < -0.4 is 16.2 Å². The van der Waals surface area contributed by atoms with Gasteiger partial charge in [0.2, 0.25) is 0 Å². The molecule has 20 heavy (non-hydrogen) atoms. The van der Waals surface area contributed by atoms with E-state index in [0.717, 1.165) is 19.3 Å². The molecule has 0 aliphatic heterocycles. The Morgan fingerprint density at radius 3 is 2.80 bits per heavy atom. The first kappa shape index (κ1) is 14.6. The Kier molecular flexibility index (Phi) is 5.62. The molecule has 3 N–H and O–H groups in total. The van der Waals surface area contributed by atoms with E-state index in [1.807, 2.05) is 0 Å². The lowest BCUT2D eigenvalue weighted by atomic mass is 9.87. The van der Waals surface area contributed by atoms with Gasteiger partial charge in [-0.05, 0) is 43.0 Å². The van der Waals surface area contributed by atoms with Gasteiger partial charge in [0, 0.05) is 12.2 Å². The van der Waals surface area contributed by atoms with Crippen molar-refractivity contribution in [3.05, 3.63) is 60.3 Å². The molecule has 0 heterocycles. The van der Waals surface area contributed by atoms with Gasteiger partial charge >= 0.3 is 0 Å². The lowest BCUT2D eigenvalue weighted by molar-refractivity contribution is 0.559. The number of benzene rings is 1. The Morgan fingerprint density at radius 2 is 2.15 bits per heavy atom. The molecule has 0 fully saturated rings. The van der Waals surface area contributed by atoms with E-state index in [4.69, 9.17) is 12.2 Å². The summed E-state index contributed by atoms with van der Waals surface area (Å²) in [6.07, 6.45) is 7.30. The monoisotopic (exact) mass is 287 g/mol. The Hall–Kier alpha value is -1.81. The fourth-order valence-corrected chi connectivity index (χ4v) is 2.46. The minimum Gasteiger partial charge on any atom is -0.358 e. The summed E-state index contributed by atoms with van der Waals surface area (Å²) in [7, 11) is 0. The molecule has 0 radical (unpaired) electrons. The van der Waals surface area contributed by atoms with Crippen LogP contribution in [0.15, 0.2) is 54.8 Å². The van der Waals surface area contributed by atoms with Crippen LogP contribution >= 0.6 is 12.2 Å². The van der Waals surface area contributed by atoms with Crippen molar-refractivity contribution in [1.82, 2.24) is 16.2 Å². The van der Waals surface area contributed by atoms with Gasteiger partial charge in [0.25, 0.3) is 0 Å². The second-order valence-corrected chi connectivity index (χ2v) is 5.27. The highest BCUT2D eigenvalue weighted by molar-refractivity contribution is 7.80. The van der Waals surface area contributed by atoms with Gasteiger partial charge in [-0.2, -0.15) is 0 Å². The quantitative estimate of drug-likeness (QED) is 0.442. The predicted octanol–water partition coefficient (Wildman–Crippen LogP) is 2.99. The fourth-order valence-electron chi connectivity index (χ4n) is 2.32. The Labute approximate surface area is 126 Å². The molecule has 0 spiro atoms. The van der Waals surface area contributed by atoms with E-state index in [0.29, 0.717) is 17.6 Å². The summed E-state index contributed by atoms with van der Waals surface area (Å²) in [4.78, 5) is 0. The van der Waals surface area contributed by atoms with Gasteiger partial charge in [0.1, 0.15) is 0 Å². The zero-order valence-corrected chi connectivity index (χ0v) is 12.4. The highest BCUT2D eigenvalue weighted by Crippen LogP contribution is 2.30. The van der Waals surface area contributed by atoms with Gasteiger partial charge in [-0.25, -0.2) is 0 Å². The smallest absolute Gasteiger partial charge is 0.185 e. The van der Waals surface area contributed by atoms with E-state index in [1.54, 1.807) is 6.08 Å². The van der Waals surface area contributed by atoms with Crippen molar-refractivity contribution in [2.45, 2.75) is 25.2 Å². The lowest BCUT2D eigenvalue weighted by Crippen LogP contribution is -2.43. The van der Waals surface area contributed by atoms with Crippen molar-refractivity contribution in [2.75, 3.05) is 6.54 Å². The van der Waals surface area contributed by atoms with Crippen LogP contribution in [0, 0.1) is 0 Å². The molecule has 0 aromatic heterocycles. The van der Waals surface area contributed by atoms with E-state index in [-0.39, 0.29) is 0 Å². The molecule has 0 bridgehead atoms. The summed E-state index contributed by atoms with van der Waals surface area (Å²) in [6.45, 7) is 4.31. The SMILES string of the molecule is C=CCNC(=S)NNC1=CC[C@@H](c2ccccc2)CC1. The van der Waals surface area contributed by atoms with Crippen LogP contribution in [0.1, 0.15) is 30.7 Å². The van der Waals surface area contributed by atoms with E-state index in [2.05, 4.69) is 59.2 Å². The van der Waals surface area contributed by atoms with Crippen molar-refractivity contribution in [2.24, 2.45) is 0 Å². The number of allylic oxidation sites excluding steroid dienone is 2. The molecule has 1 aliphatic rings. The summed E-state index contributed by atoms with van der Waals surface area (Å²) in [6, 6.07) is 10.7.